The van der Waals surface area contributed by atoms with Crippen LogP contribution in [-0.2, 0) is 14.8 Å². The number of piperidine rings is 1. The van der Waals surface area contributed by atoms with Crippen LogP contribution in [0, 0.1) is 11.7 Å². The Morgan fingerprint density at radius 1 is 1.10 bits per heavy atom. The number of aromatic nitrogens is 2. The van der Waals surface area contributed by atoms with Gasteiger partial charge in [0.05, 0.1) is 0 Å². The van der Waals surface area contributed by atoms with Crippen LogP contribution in [0.3, 0.4) is 0 Å². The summed E-state index contributed by atoms with van der Waals surface area (Å²) in [5, 5.41) is 10.3. The number of carbonyl (C=O) groups is 1. The van der Waals surface area contributed by atoms with Gasteiger partial charge >= 0.3 is 0 Å². The summed E-state index contributed by atoms with van der Waals surface area (Å²) in [5.74, 6) is -0.895. The average Bonchev–Trinajstić information content (AvgIpc) is 3.29. The van der Waals surface area contributed by atoms with Gasteiger partial charge in [-0.1, -0.05) is 12.1 Å². The molecule has 1 aromatic heterocycles. The SMILES string of the molecule is O=C(Nc1ccc(-c2nnco2)cc1)C1CCN(S(=O)(=O)c2ccccc2F)CC1. The summed E-state index contributed by atoms with van der Waals surface area (Å²) in [5.41, 5.74) is 1.35. The lowest BCUT2D eigenvalue weighted by Gasteiger charge is -2.30. The molecule has 10 heteroatoms. The molecule has 0 radical (unpaired) electrons. The van der Waals surface area contributed by atoms with Crippen molar-refractivity contribution in [3.8, 4) is 11.5 Å². The van der Waals surface area contributed by atoms with Crippen molar-refractivity contribution < 1.29 is 22.0 Å². The van der Waals surface area contributed by atoms with E-state index < -0.39 is 15.8 Å². The molecule has 0 aliphatic carbocycles. The molecule has 156 valence electrons. The van der Waals surface area contributed by atoms with Gasteiger partial charge in [0.2, 0.25) is 28.2 Å². The Morgan fingerprint density at radius 2 is 1.80 bits per heavy atom. The Kier molecular flexibility index (Phi) is 5.60. The number of amides is 1. The van der Waals surface area contributed by atoms with Gasteiger partial charge in [-0.05, 0) is 49.2 Å². The van der Waals surface area contributed by atoms with Gasteiger partial charge in [-0.2, -0.15) is 4.31 Å². The highest BCUT2D eigenvalue weighted by Crippen LogP contribution is 2.26. The molecule has 0 saturated carbocycles. The van der Waals surface area contributed by atoms with Gasteiger partial charge in [-0.3, -0.25) is 4.79 Å². The van der Waals surface area contributed by atoms with Crippen LogP contribution in [0.15, 0.2) is 64.2 Å². The van der Waals surface area contributed by atoms with E-state index >= 15 is 0 Å². The Hall–Kier alpha value is -3.11. The van der Waals surface area contributed by atoms with Crippen LogP contribution in [0.5, 0.6) is 0 Å². The lowest BCUT2D eigenvalue weighted by Crippen LogP contribution is -2.41. The third kappa shape index (κ3) is 4.10. The van der Waals surface area contributed by atoms with Crippen LogP contribution >= 0.6 is 0 Å². The van der Waals surface area contributed by atoms with Crippen LogP contribution in [-0.4, -0.2) is 41.9 Å². The number of nitrogens with zero attached hydrogens (tertiary/aromatic N) is 3. The summed E-state index contributed by atoms with van der Waals surface area (Å²) in [6.45, 7) is 0.315. The molecule has 0 atom stereocenters. The molecule has 4 rings (SSSR count). The minimum absolute atomic E-state index is 0.158. The minimum atomic E-state index is -3.92. The van der Waals surface area contributed by atoms with Crippen molar-refractivity contribution in [1.29, 1.82) is 0 Å². The van der Waals surface area contributed by atoms with E-state index in [9.17, 15) is 17.6 Å². The Bertz CT molecular complexity index is 1130. The molecule has 2 heterocycles. The van der Waals surface area contributed by atoms with Gasteiger partial charge in [0.15, 0.2) is 0 Å². The number of hydrogen-bond donors (Lipinski definition) is 1. The maximum absolute atomic E-state index is 13.9. The number of carbonyl (C=O) groups excluding carboxylic acids is 1. The maximum Gasteiger partial charge on any atom is 0.247 e. The second-order valence-electron chi connectivity index (χ2n) is 6.92. The average molecular weight is 430 g/mol. The lowest BCUT2D eigenvalue weighted by atomic mass is 9.97. The predicted molar refractivity (Wildman–Crippen MR) is 106 cm³/mol. The monoisotopic (exact) mass is 430 g/mol. The van der Waals surface area contributed by atoms with E-state index in [0.29, 0.717) is 24.4 Å². The molecule has 0 bridgehead atoms. The molecular weight excluding hydrogens is 411 g/mol. The smallest absolute Gasteiger partial charge is 0.247 e. The fourth-order valence-electron chi connectivity index (χ4n) is 3.39. The van der Waals surface area contributed by atoms with Crippen molar-refractivity contribution in [3.63, 3.8) is 0 Å². The fraction of sp³-hybridized carbons (Fsp3) is 0.250. The zero-order valence-corrected chi connectivity index (χ0v) is 16.7. The Morgan fingerprint density at radius 3 is 2.43 bits per heavy atom. The van der Waals surface area contributed by atoms with Crippen LogP contribution in [0.25, 0.3) is 11.5 Å². The molecule has 2 aromatic carbocycles. The third-order valence-corrected chi connectivity index (χ3v) is 6.97. The Labute approximate surface area is 172 Å². The molecule has 1 saturated heterocycles. The normalized spacial score (nSPS) is 15.8. The van der Waals surface area contributed by atoms with Crippen molar-refractivity contribution in [2.75, 3.05) is 18.4 Å². The van der Waals surface area contributed by atoms with E-state index in [1.807, 2.05) is 0 Å². The van der Waals surface area contributed by atoms with Crippen molar-refractivity contribution in [3.05, 3.63) is 60.7 Å². The topological polar surface area (TPSA) is 105 Å². The molecule has 30 heavy (non-hydrogen) atoms. The number of halogens is 1. The van der Waals surface area contributed by atoms with E-state index in [1.54, 1.807) is 24.3 Å². The van der Waals surface area contributed by atoms with E-state index in [4.69, 9.17) is 4.42 Å². The summed E-state index contributed by atoms with van der Waals surface area (Å²) in [4.78, 5) is 12.2. The molecule has 1 N–H and O–H groups in total. The van der Waals surface area contributed by atoms with Gasteiger partial charge < -0.3 is 9.73 Å². The van der Waals surface area contributed by atoms with Crippen LogP contribution in [0.4, 0.5) is 10.1 Å². The first kappa shape index (κ1) is 20.2. The third-order valence-electron chi connectivity index (χ3n) is 5.04. The summed E-state index contributed by atoms with van der Waals surface area (Å²) >= 11 is 0. The van der Waals surface area contributed by atoms with Crippen LogP contribution in [0.1, 0.15) is 12.8 Å². The van der Waals surface area contributed by atoms with Gasteiger partial charge in [0.25, 0.3) is 0 Å². The van der Waals surface area contributed by atoms with E-state index in [-0.39, 0.29) is 29.8 Å². The van der Waals surface area contributed by atoms with E-state index in [2.05, 4.69) is 15.5 Å². The van der Waals surface area contributed by atoms with Crippen molar-refractivity contribution in [2.24, 2.45) is 5.92 Å². The summed E-state index contributed by atoms with van der Waals surface area (Å²) < 4.78 is 45.6. The number of anilines is 1. The quantitative estimate of drug-likeness (QED) is 0.667. The predicted octanol–water partition coefficient (Wildman–Crippen LogP) is 2.92. The molecule has 1 fully saturated rings. The molecule has 1 aliphatic heterocycles. The largest absolute Gasteiger partial charge is 0.423 e. The summed E-state index contributed by atoms with van der Waals surface area (Å²) in [6, 6.07) is 12.3. The Balaban J connectivity index is 1.36. The fourth-order valence-corrected chi connectivity index (χ4v) is 4.93. The molecule has 3 aromatic rings. The summed E-state index contributed by atoms with van der Waals surface area (Å²) in [7, 11) is -3.92. The molecular formula is C20H19FN4O4S. The standard InChI is InChI=1S/C20H19FN4O4S/c21-17-3-1-2-4-18(17)30(27,28)25-11-9-14(10-12-25)19(26)23-16-7-5-15(6-8-16)20-24-22-13-29-20/h1-8,13-14H,9-12H2,(H,23,26). The molecule has 1 aliphatic rings. The zero-order chi connectivity index (χ0) is 21.1. The molecule has 0 spiro atoms. The second-order valence-corrected chi connectivity index (χ2v) is 8.83. The maximum atomic E-state index is 13.9. The first-order chi connectivity index (χ1) is 14.4. The number of hydrogen-bond acceptors (Lipinski definition) is 6. The van der Waals surface area contributed by atoms with Crippen molar-refractivity contribution >= 4 is 21.6 Å². The highest BCUT2D eigenvalue weighted by molar-refractivity contribution is 7.89. The summed E-state index contributed by atoms with van der Waals surface area (Å²) in [6.07, 6.45) is 1.96. The van der Waals surface area contributed by atoms with Crippen LogP contribution in [0.2, 0.25) is 0 Å². The highest BCUT2D eigenvalue weighted by Gasteiger charge is 2.33. The van der Waals surface area contributed by atoms with Gasteiger partial charge in [0.1, 0.15) is 10.7 Å². The first-order valence-corrected chi connectivity index (χ1v) is 10.8. The highest BCUT2D eigenvalue weighted by atomic mass is 32.2. The lowest BCUT2D eigenvalue weighted by molar-refractivity contribution is -0.120. The van der Waals surface area contributed by atoms with Crippen LogP contribution < -0.4 is 5.32 Å². The van der Waals surface area contributed by atoms with Gasteiger partial charge in [0, 0.05) is 30.3 Å². The molecule has 0 unspecified atom stereocenters. The number of benzene rings is 2. The second kappa shape index (κ2) is 8.33. The van der Waals surface area contributed by atoms with Gasteiger partial charge in [-0.25, -0.2) is 12.8 Å². The van der Waals surface area contributed by atoms with Crippen molar-refractivity contribution in [1.82, 2.24) is 14.5 Å². The first-order valence-electron chi connectivity index (χ1n) is 9.37. The van der Waals surface area contributed by atoms with Crippen molar-refractivity contribution in [2.45, 2.75) is 17.7 Å². The van der Waals surface area contributed by atoms with E-state index in [0.717, 1.165) is 11.6 Å². The number of nitrogens with one attached hydrogen (secondary N) is 1. The van der Waals surface area contributed by atoms with Gasteiger partial charge in [-0.15, -0.1) is 10.2 Å². The minimum Gasteiger partial charge on any atom is -0.423 e. The molecule has 1 amide bonds. The number of rotatable bonds is 5. The zero-order valence-electron chi connectivity index (χ0n) is 15.9. The number of sulfonamides is 1. The van der Waals surface area contributed by atoms with E-state index in [1.165, 1.54) is 28.9 Å². The molecule has 8 nitrogen and oxygen atoms in total.